The second kappa shape index (κ2) is 9.35. The molecule has 1 unspecified atom stereocenters. The minimum absolute atomic E-state index is 0.153. The summed E-state index contributed by atoms with van der Waals surface area (Å²) in [6.45, 7) is 2.68. The first kappa shape index (κ1) is 22.2. The highest BCUT2D eigenvalue weighted by Gasteiger charge is 2.28. The number of rotatable bonds is 7. The molecule has 6 nitrogen and oxygen atoms in total. The second-order valence-corrected chi connectivity index (χ2v) is 11.6. The number of benzene rings is 2. The van der Waals surface area contributed by atoms with Gasteiger partial charge in [-0.05, 0) is 55.5 Å². The maximum atomic E-state index is 13.0. The number of fused-ring (bicyclic) bond motifs is 1. The number of imidazole rings is 1. The van der Waals surface area contributed by atoms with Gasteiger partial charge in [-0.1, -0.05) is 41.6 Å². The first-order chi connectivity index (χ1) is 15.5. The summed E-state index contributed by atoms with van der Waals surface area (Å²) in [6, 6.07) is 13.1. The minimum atomic E-state index is -3.48. The Kier molecular flexibility index (Phi) is 6.49. The molecule has 0 aliphatic carbocycles. The highest BCUT2D eigenvalue weighted by atomic mass is 35.5. The number of aromatic nitrogens is 2. The fourth-order valence-corrected chi connectivity index (χ4v) is 7.21. The molecular formula is C23H26ClN3O3S2. The Morgan fingerprint density at radius 3 is 2.69 bits per heavy atom. The molecule has 5 rings (SSSR count). The molecule has 0 amide bonds. The van der Waals surface area contributed by atoms with Crippen LogP contribution in [0.1, 0.15) is 31.2 Å². The van der Waals surface area contributed by atoms with E-state index in [9.17, 15) is 8.42 Å². The minimum Gasteiger partial charge on any atom is -0.376 e. The fraction of sp³-hybridized carbons (Fsp3) is 0.435. The maximum absolute atomic E-state index is 13.0. The number of hydrogen-bond donors (Lipinski definition) is 0. The number of nitrogens with zero attached hydrogens (tertiary/aromatic N) is 3. The predicted molar refractivity (Wildman–Crippen MR) is 128 cm³/mol. The zero-order chi connectivity index (χ0) is 22.1. The van der Waals surface area contributed by atoms with Gasteiger partial charge in [0.2, 0.25) is 10.0 Å². The Morgan fingerprint density at radius 2 is 1.94 bits per heavy atom. The van der Waals surface area contributed by atoms with Gasteiger partial charge in [-0.25, -0.2) is 13.4 Å². The van der Waals surface area contributed by atoms with Crippen molar-refractivity contribution in [2.45, 2.75) is 54.1 Å². The molecule has 0 saturated carbocycles. The van der Waals surface area contributed by atoms with Crippen LogP contribution in [0, 0.1) is 0 Å². The first-order valence-corrected chi connectivity index (χ1v) is 13.8. The van der Waals surface area contributed by atoms with Crippen LogP contribution in [0.3, 0.4) is 0 Å². The molecule has 0 bridgehead atoms. The molecule has 2 fully saturated rings. The molecule has 2 aliphatic heterocycles. The van der Waals surface area contributed by atoms with Gasteiger partial charge >= 0.3 is 0 Å². The Bertz CT molecular complexity index is 1220. The molecule has 3 heterocycles. The summed E-state index contributed by atoms with van der Waals surface area (Å²) in [5, 5.41) is 1.59. The van der Waals surface area contributed by atoms with Crippen LogP contribution in [0.25, 0.3) is 11.0 Å². The topological polar surface area (TPSA) is 64.4 Å². The van der Waals surface area contributed by atoms with Crippen molar-refractivity contribution in [2.24, 2.45) is 0 Å². The van der Waals surface area contributed by atoms with Gasteiger partial charge < -0.3 is 9.30 Å². The van der Waals surface area contributed by atoms with Gasteiger partial charge in [0.1, 0.15) is 0 Å². The largest absolute Gasteiger partial charge is 0.376 e. The van der Waals surface area contributed by atoms with Crippen LogP contribution in [0.2, 0.25) is 5.02 Å². The van der Waals surface area contributed by atoms with Gasteiger partial charge in [-0.15, -0.1) is 0 Å². The van der Waals surface area contributed by atoms with E-state index in [1.807, 2.05) is 30.3 Å². The van der Waals surface area contributed by atoms with Crippen molar-refractivity contribution < 1.29 is 13.2 Å². The van der Waals surface area contributed by atoms with Crippen LogP contribution in [-0.4, -0.2) is 48.1 Å². The third kappa shape index (κ3) is 4.43. The number of hydrogen-bond acceptors (Lipinski definition) is 5. The van der Waals surface area contributed by atoms with Gasteiger partial charge in [0.15, 0.2) is 5.16 Å². The van der Waals surface area contributed by atoms with Crippen molar-refractivity contribution in [3.63, 3.8) is 0 Å². The third-order valence-electron chi connectivity index (χ3n) is 6.11. The lowest BCUT2D eigenvalue weighted by Gasteiger charge is -2.16. The van der Waals surface area contributed by atoms with Crippen LogP contribution in [-0.2, 0) is 27.1 Å². The second-order valence-electron chi connectivity index (χ2n) is 8.28. The van der Waals surface area contributed by atoms with Gasteiger partial charge in [-0.2, -0.15) is 4.31 Å². The quantitative estimate of drug-likeness (QED) is 0.438. The molecule has 32 heavy (non-hydrogen) atoms. The smallest absolute Gasteiger partial charge is 0.243 e. The van der Waals surface area contributed by atoms with Crippen LogP contribution in [0.15, 0.2) is 52.5 Å². The van der Waals surface area contributed by atoms with E-state index in [1.165, 1.54) is 0 Å². The molecule has 1 atom stereocenters. The van der Waals surface area contributed by atoms with E-state index in [0.717, 1.165) is 53.5 Å². The van der Waals surface area contributed by atoms with Gasteiger partial charge in [0.05, 0.1) is 28.6 Å². The standard InChI is InChI=1S/C23H26ClN3O3S2/c24-20-8-2-1-6-17(20)16-31-23-25-21-14-19(32(28,29)26-11-3-4-12-26)9-10-22(21)27(23)15-18-7-5-13-30-18/h1-2,6,8-10,14,18H,3-5,7,11-13,15-16H2. The third-order valence-corrected chi connectivity index (χ3v) is 9.40. The van der Waals surface area contributed by atoms with Crippen molar-refractivity contribution in [2.75, 3.05) is 19.7 Å². The summed E-state index contributed by atoms with van der Waals surface area (Å²) in [6.07, 6.45) is 4.08. The van der Waals surface area contributed by atoms with Crippen molar-refractivity contribution in [1.82, 2.24) is 13.9 Å². The number of halogens is 1. The highest BCUT2D eigenvalue weighted by Crippen LogP contribution is 2.32. The fourth-order valence-electron chi connectivity index (χ4n) is 4.36. The molecule has 9 heteroatoms. The lowest BCUT2D eigenvalue weighted by atomic mass is 10.2. The van der Waals surface area contributed by atoms with Gasteiger partial charge in [-0.3, -0.25) is 0 Å². The van der Waals surface area contributed by atoms with E-state index in [4.69, 9.17) is 21.3 Å². The number of ether oxygens (including phenoxy) is 1. The molecule has 3 aromatic rings. The predicted octanol–water partition coefficient (Wildman–Crippen LogP) is 4.95. The number of thioether (sulfide) groups is 1. The van der Waals surface area contributed by atoms with E-state index in [1.54, 1.807) is 28.2 Å². The molecule has 1 aromatic heterocycles. The normalized spacial score (nSPS) is 19.8. The Labute approximate surface area is 198 Å². The molecule has 170 valence electrons. The highest BCUT2D eigenvalue weighted by molar-refractivity contribution is 7.98. The summed E-state index contributed by atoms with van der Waals surface area (Å²) in [5.74, 6) is 0.688. The average Bonchev–Trinajstić information content (AvgIpc) is 3.55. The zero-order valence-corrected chi connectivity index (χ0v) is 20.1. The molecule has 2 saturated heterocycles. The van der Waals surface area contributed by atoms with Crippen LogP contribution >= 0.6 is 23.4 Å². The zero-order valence-electron chi connectivity index (χ0n) is 17.7. The van der Waals surface area contributed by atoms with Crippen LogP contribution in [0.5, 0.6) is 0 Å². The lowest BCUT2D eigenvalue weighted by Crippen LogP contribution is -2.27. The van der Waals surface area contributed by atoms with Crippen molar-refractivity contribution in [3.05, 3.63) is 53.1 Å². The summed E-state index contributed by atoms with van der Waals surface area (Å²) in [4.78, 5) is 5.16. The Morgan fingerprint density at radius 1 is 1.12 bits per heavy atom. The molecular weight excluding hydrogens is 466 g/mol. The van der Waals surface area contributed by atoms with E-state index < -0.39 is 10.0 Å². The van der Waals surface area contributed by atoms with Crippen molar-refractivity contribution in [1.29, 1.82) is 0 Å². The van der Waals surface area contributed by atoms with Crippen molar-refractivity contribution >= 4 is 44.4 Å². The summed E-state index contributed by atoms with van der Waals surface area (Å²) < 4.78 is 35.7. The van der Waals surface area contributed by atoms with Crippen molar-refractivity contribution in [3.8, 4) is 0 Å². The lowest BCUT2D eigenvalue weighted by molar-refractivity contribution is 0.0960. The molecule has 0 radical (unpaired) electrons. The van der Waals surface area contributed by atoms with Crippen LogP contribution < -0.4 is 0 Å². The van der Waals surface area contributed by atoms with Gasteiger partial charge in [0, 0.05) is 30.5 Å². The molecule has 0 N–H and O–H groups in total. The van der Waals surface area contributed by atoms with E-state index in [0.29, 0.717) is 35.8 Å². The summed E-state index contributed by atoms with van der Waals surface area (Å²) in [5.41, 5.74) is 2.68. The summed E-state index contributed by atoms with van der Waals surface area (Å²) >= 11 is 7.96. The van der Waals surface area contributed by atoms with Crippen LogP contribution in [0.4, 0.5) is 0 Å². The average molecular weight is 492 g/mol. The summed E-state index contributed by atoms with van der Waals surface area (Å²) in [7, 11) is -3.48. The Hall–Kier alpha value is -1.58. The molecule has 2 aromatic carbocycles. The molecule has 0 spiro atoms. The first-order valence-electron chi connectivity index (χ1n) is 11.0. The Balaban J connectivity index is 1.49. The number of sulfonamides is 1. The SMILES string of the molecule is O=S(=O)(c1ccc2c(c1)nc(SCc1ccccc1Cl)n2CC1CCCO1)N1CCCC1. The monoisotopic (exact) mass is 491 g/mol. The molecule has 2 aliphatic rings. The van der Waals surface area contributed by atoms with Gasteiger partial charge in [0.25, 0.3) is 0 Å². The van der Waals surface area contributed by atoms with E-state index >= 15 is 0 Å². The van der Waals surface area contributed by atoms with E-state index in [-0.39, 0.29) is 6.10 Å². The maximum Gasteiger partial charge on any atom is 0.243 e. The van der Waals surface area contributed by atoms with E-state index in [2.05, 4.69) is 4.57 Å².